The van der Waals surface area contributed by atoms with Crippen LogP contribution in [0.15, 0.2) is 34.1 Å². The molecule has 1 unspecified atom stereocenters. The Balaban J connectivity index is 2.06. The van der Waals surface area contributed by atoms with Crippen molar-refractivity contribution in [2.75, 3.05) is 19.1 Å². The van der Waals surface area contributed by atoms with E-state index in [4.69, 9.17) is 0 Å². The Morgan fingerprint density at radius 3 is 2.40 bits per heavy atom. The molecule has 0 radical (unpaired) electrons. The van der Waals surface area contributed by atoms with Crippen molar-refractivity contribution >= 4 is 21.6 Å². The molecule has 1 fully saturated rings. The predicted molar refractivity (Wildman–Crippen MR) is 80.4 cm³/mol. The summed E-state index contributed by atoms with van der Waals surface area (Å²) < 4.78 is 22.8. The largest absolute Gasteiger partial charge is 0.302 e. The monoisotopic (exact) mass is 310 g/mol. The van der Waals surface area contributed by atoms with Gasteiger partial charge in [0.2, 0.25) is 0 Å². The Hall–Kier alpha value is -1.03. The normalized spacial score (nSPS) is 18.2. The lowest BCUT2D eigenvalue weighted by atomic mass is 9.98. The van der Waals surface area contributed by atoms with Crippen LogP contribution >= 0.6 is 11.8 Å². The topological polar surface area (TPSA) is 70.0 Å². The van der Waals surface area contributed by atoms with Gasteiger partial charge in [-0.3, -0.25) is 0 Å². The predicted octanol–water partition coefficient (Wildman–Crippen LogP) is 2.07. The fourth-order valence-corrected chi connectivity index (χ4v) is 3.93. The molecule has 1 aromatic rings. The number of sulfone groups is 1. The number of nitrogens with zero attached hydrogens (tertiary/aromatic N) is 1. The van der Waals surface area contributed by atoms with Gasteiger partial charge in [0.25, 0.3) is 0 Å². The lowest BCUT2D eigenvalue weighted by Crippen LogP contribution is -2.46. The van der Waals surface area contributed by atoms with E-state index >= 15 is 0 Å². The van der Waals surface area contributed by atoms with Crippen LogP contribution in [0.3, 0.4) is 0 Å². The number of hydrogen-bond acceptors (Lipinski definition) is 5. The van der Waals surface area contributed by atoms with Crippen molar-refractivity contribution in [1.82, 2.24) is 5.32 Å². The molecule has 108 valence electrons. The Morgan fingerprint density at radius 2 is 2.00 bits per heavy atom. The van der Waals surface area contributed by atoms with E-state index in [1.807, 2.05) is 7.05 Å². The zero-order valence-corrected chi connectivity index (χ0v) is 13.2. The van der Waals surface area contributed by atoms with Gasteiger partial charge in [0.15, 0.2) is 9.84 Å². The molecule has 1 aliphatic carbocycles. The van der Waals surface area contributed by atoms with Gasteiger partial charge >= 0.3 is 0 Å². The molecular weight excluding hydrogens is 292 g/mol. The average Bonchev–Trinajstić information content (AvgIpc) is 3.25. The van der Waals surface area contributed by atoms with Crippen molar-refractivity contribution in [2.45, 2.75) is 28.2 Å². The van der Waals surface area contributed by atoms with Crippen LogP contribution < -0.4 is 5.32 Å². The van der Waals surface area contributed by atoms with Crippen LogP contribution in [-0.4, -0.2) is 33.0 Å². The molecule has 0 heterocycles. The number of nitriles is 1. The SMILES string of the molecule is CNC(C#N)(CSc1ccc(S(C)(=O)=O)cc1)C1CC1. The van der Waals surface area contributed by atoms with E-state index in [1.54, 1.807) is 36.0 Å². The van der Waals surface area contributed by atoms with Gasteiger partial charge in [0, 0.05) is 16.9 Å². The maximum absolute atomic E-state index is 11.4. The summed E-state index contributed by atoms with van der Waals surface area (Å²) in [4.78, 5) is 1.30. The van der Waals surface area contributed by atoms with Gasteiger partial charge in [0.1, 0.15) is 5.54 Å². The van der Waals surface area contributed by atoms with E-state index in [-0.39, 0.29) is 0 Å². The van der Waals surface area contributed by atoms with Crippen molar-refractivity contribution in [3.63, 3.8) is 0 Å². The summed E-state index contributed by atoms with van der Waals surface area (Å²) in [7, 11) is -1.32. The first-order chi connectivity index (χ1) is 9.41. The minimum absolute atomic E-state index is 0.323. The summed E-state index contributed by atoms with van der Waals surface area (Å²) >= 11 is 1.58. The van der Waals surface area contributed by atoms with E-state index < -0.39 is 15.4 Å². The first kappa shape index (κ1) is 15.4. The highest BCUT2D eigenvalue weighted by Crippen LogP contribution is 2.41. The lowest BCUT2D eigenvalue weighted by Gasteiger charge is -2.25. The summed E-state index contributed by atoms with van der Waals surface area (Å²) in [6.07, 6.45) is 3.40. The van der Waals surface area contributed by atoms with Gasteiger partial charge in [-0.2, -0.15) is 5.26 Å². The van der Waals surface area contributed by atoms with Crippen molar-refractivity contribution in [3.05, 3.63) is 24.3 Å². The molecule has 0 aromatic heterocycles. The maximum atomic E-state index is 11.4. The molecule has 1 N–H and O–H groups in total. The van der Waals surface area contributed by atoms with E-state index in [0.29, 0.717) is 16.6 Å². The van der Waals surface area contributed by atoms with Crippen molar-refractivity contribution in [3.8, 4) is 6.07 Å². The van der Waals surface area contributed by atoms with E-state index in [2.05, 4.69) is 11.4 Å². The van der Waals surface area contributed by atoms with Crippen molar-refractivity contribution in [1.29, 1.82) is 5.26 Å². The van der Waals surface area contributed by atoms with Gasteiger partial charge in [-0.05, 0) is 50.1 Å². The third-order valence-corrected chi connectivity index (χ3v) is 5.97. The second kappa shape index (κ2) is 5.76. The minimum atomic E-state index is -3.15. The summed E-state index contributed by atoms with van der Waals surface area (Å²) in [6.45, 7) is 0. The second-order valence-corrected chi connectivity index (χ2v) is 8.20. The fraction of sp³-hybridized carbons (Fsp3) is 0.500. The third-order valence-electron chi connectivity index (χ3n) is 3.64. The van der Waals surface area contributed by atoms with Crippen LogP contribution in [0.5, 0.6) is 0 Å². The smallest absolute Gasteiger partial charge is 0.175 e. The van der Waals surface area contributed by atoms with E-state index in [1.165, 1.54) is 6.26 Å². The number of hydrogen-bond donors (Lipinski definition) is 1. The van der Waals surface area contributed by atoms with Crippen LogP contribution in [-0.2, 0) is 9.84 Å². The van der Waals surface area contributed by atoms with Crippen molar-refractivity contribution < 1.29 is 8.42 Å². The highest BCUT2D eigenvalue weighted by molar-refractivity contribution is 7.99. The van der Waals surface area contributed by atoms with Crippen LogP contribution in [0.25, 0.3) is 0 Å². The summed E-state index contributed by atoms with van der Waals surface area (Å²) in [5.41, 5.74) is -0.472. The molecule has 1 atom stereocenters. The lowest BCUT2D eigenvalue weighted by molar-refractivity contribution is 0.441. The Labute approximate surface area is 124 Å². The average molecular weight is 310 g/mol. The third kappa shape index (κ3) is 3.35. The second-order valence-electron chi connectivity index (χ2n) is 5.14. The number of thioether (sulfide) groups is 1. The molecular formula is C14H18N2O2S2. The van der Waals surface area contributed by atoms with Gasteiger partial charge in [0.05, 0.1) is 11.0 Å². The van der Waals surface area contributed by atoms with Crippen LogP contribution in [0.4, 0.5) is 0 Å². The number of benzene rings is 1. The molecule has 2 rings (SSSR count). The fourth-order valence-electron chi connectivity index (χ4n) is 2.13. The van der Waals surface area contributed by atoms with Gasteiger partial charge < -0.3 is 5.32 Å². The minimum Gasteiger partial charge on any atom is -0.302 e. The van der Waals surface area contributed by atoms with Gasteiger partial charge in [-0.25, -0.2) is 8.42 Å². The van der Waals surface area contributed by atoms with Crippen LogP contribution in [0.1, 0.15) is 12.8 Å². The highest BCUT2D eigenvalue weighted by atomic mass is 32.2. The van der Waals surface area contributed by atoms with Crippen molar-refractivity contribution in [2.24, 2.45) is 5.92 Å². The van der Waals surface area contributed by atoms with Crippen LogP contribution in [0, 0.1) is 17.2 Å². The molecule has 4 nitrogen and oxygen atoms in total. The standard InChI is InChI=1S/C14H18N2O2S2/c1-16-14(9-15,11-3-4-11)10-19-12-5-7-13(8-6-12)20(2,17)18/h5-8,11,16H,3-4,10H2,1-2H3. The first-order valence-electron chi connectivity index (χ1n) is 6.44. The van der Waals surface area contributed by atoms with Gasteiger partial charge in [-0.1, -0.05) is 0 Å². The number of nitrogens with one attached hydrogen (secondary N) is 1. The van der Waals surface area contributed by atoms with Gasteiger partial charge in [-0.15, -0.1) is 11.8 Å². The molecule has 0 bridgehead atoms. The maximum Gasteiger partial charge on any atom is 0.175 e. The summed E-state index contributed by atoms with van der Waals surface area (Å²) in [5, 5.41) is 12.6. The molecule has 0 spiro atoms. The molecule has 20 heavy (non-hydrogen) atoms. The molecule has 1 saturated carbocycles. The Bertz CT molecular complexity index is 616. The summed E-state index contributed by atoms with van der Waals surface area (Å²) in [5.74, 6) is 1.10. The van der Waals surface area contributed by atoms with Crippen LogP contribution in [0.2, 0.25) is 0 Å². The van der Waals surface area contributed by atoms with E-state index in [9.17, 15) is 13.7 Å². The van der Waals surface area contributed by atoms with E-state index in [0.717, 1.165) is 17.7 Å². The Morgan fingerprint density at radius 1 is 1.40 bits per heavy atom. The molecule has 0 aliphatic heterocycles. The number of rotatable bonds is 6. The molecule has 6 heteroatoms. The first-order valence-corrected chi connectivity index (χ1v) is 9.32. The molecule has 1 aromatic carbocycles. The zero-order chi connectivity index (χ0) is 14.8. The highest BCUT2D eigenvalue weighted by Gasteiger charge is 2.44. The Kier molecular flexibility index (Phi) is 4.43. The molecule has 0 saturated heterocycles. The quantitative estimate of drug-likeness (QED) is 0.815. The molecule has 1 aliphatic rings. The molecule has 0 amide bonds. The zero-order valence-electron chi connectivity index (χ0n) is 11.6. The summed E-state index contributed by atoms with van der Waals surface area (Å²) in [6, 6.07) is 9.23.